The number of anilines is 2. The van der Waals surface area contributed by atoms with Gasteiger partial charge >= 0.3 is 12.4 Å². The Balaban J connectivity index is 0.000000190. The highest BCUT2D eigenvalue weighted by Gasteiger charge is 2.42. The van der Waals surface area contributed by atoms with E-state index < -0.39 is 51.6 Å². The molecule has 2 aliphatic heterocycles. The van der Waals surface area contributed by atoms with Gasteiger partial charge in [0.25, 0.3) is 5.91 Å². The van der Waals surface area contributed by atoms with Gasteiger partial charge in [0.1, 0.15) is 18.2 Å². The number of methoxy groups -OCH3 is 1. The molecule has 2 aliphatic rings. The third-order valence-electron chi connectivity index (χ3n) is 10.5. The summed E-state index contributed by atoms with van der Waals surface area (Å²) in [6, 6.07) is 10.4. The number of carbonyl (C=O) groups excluding carboxylic acids is 2. The minimum absolute atomic E-state index is 0.0126. The molecule has 8 rings (SSSR count). The monoisotopic (exact) mass is 926 g/mol. The molecule has 1 atom stereocenters. The number of benzene rings is 2. The van der Waals surface area contributed by atoms with Crippen molar-refractivity contribution in [1.82, 2.24) is 39.1 Å². The van der Waals surface area contributed by atoms with Gasteiger partial charge in [-0.05, 0) is 88.1 Å². The largest absolute Gasteiger partial charge is 0.436 e. The fourth-order valence-corrected chi connectivity index (χ4v) is 7.91. The Bertz CT molecular complexity index is 2640. The standard InChI is InChI=1S/C21H20ClF4N5O2.C19H16ClF4N5O/c1-12-18(22)19(21(24,25)26)28-30(12)17(11-33-2)20(32)29-9-3-4-15-16(29)10-27-31(15)14-7-5-13(23)6-8-14;1-11-17(20)18(19(22,23)24)26-28(11)10-16(30)27-8-2-3-14-15(27)9-25-29(14)13-6-4-12(21)5-7-13/h5-8,10,17H,3-4,9,11H2,1-2H3;4-7,9H,2-3,8,10H2,1H3. The summed E-state index contributed by atoms with van der Waals surface area (Å²) in [7, 11) is 1.35. The van der Waals surface area contributed by atoms with Gasteiger partial charge in [-0.3, -0.25) is 19.0 Å². The van der Waals surface area contributed by atoms with E-state index in [2.05, 4.69) is 20.4 Å². The maximum atomic E-state index is 13.5. The van der Waals surface area contributed by atoms with Gasteiger partial charge < -0.3 is 14.5 Å². The summed E-state index contributed by atoms with van der Waals surface area (Å²) < 4.78 is 116. The van der Waals surface area contributed by atoms with E-state index in [1.165, 1.54) is 67.4 Å². The van der Waals surface area contributed by atoms with Crippen LogP contribution in [0, 0.1) is 25.5 Å². The highest BCUT2D eigenvalue weighted by Crippen LogP contribution is 2.38. The summed E-state index contributed by atoms with van der Waals surface area (Å²) in [6.45, 7) is 2.92. The lowest BCUT2D eigenvalue weighted by Gasteiger charge is -2.31. The molecule has 0 saturated carbocycles. The van der Waals surface area contributed by atoms with Crippen LogP contribution >= 0.6 is 23.2 Å². The number of nitrogens with zero attached hydrogens (tertiary/aromatic N) is 10. The fourth-order valence-electron chi connectivity index (χ4n) is 7.44. The van der Waals surface area contributed by atoms with Crippen LogP contribution in [0.3, 0.4) is 0 Å². The van der Waals surface area contributed by atoms with Crippen LogP contribution in [0.25, 0.3) is 11.4 Å². The van der Waals surface area contributed by atoms with Crippen molar-refractivity contribution in [3.05, 3.63) is 117 Å². The number of aromatic nitrogens is 8. The molecule has 0 aliphatic carbocycles. The van der Waals surface area contributed by atoms with Crippen LogP contribution < -0.4 is 9.80 Å². The summed E-state index contributed by atoms with van der Waals surface area (Å²) in [5.41, 5.74) is 1.51. The van der Waals surface area contributed by atoms with Crippen LogP contribution in [0.2, 0.25) is 10.0 Å². The normalized spacial score (nSPS) is 14.6. The van der Waals surface area contributed by atoms with Gasteiger partial charge in [-0.2, -0.15) is 46.7 Å². The maximum absolute atomic E-state index is 13.5. The predicted molar refractivity (Wildman–Crippen MR) is 213 cm³/mol. The molecule has 6 heterocycles. The van der Waals surface area contributed by atoms with E-state index in [1.54, 1.807) is 33.6 Å². The molecule has 0 spiro atoms. The topological polar surface area (TPSA) is 121 Å². The number of halogens is 10. The van der Waals surface area contributed by atoms with E-state index in [-0.39, 0.29) is 36.2 Å². The molecule has 2 amide bonds. The lowest BCUT2D eigenvalue weighted by atomic mass is 10.1. The Morgan fingerprint density at radius 3 is 1.63 bits per heavy atom. The molecular formula is C40H36Cl2F8N10O3. The first-order chi connectivity index (χ1) is 29.8. The molecule has 0 bridgehead atoms. The second kappa shape index (κ2) is 17.8. The van der Waals surface area contributed by atoms with Crippen LogP contribution in [0.15, 0.2) is 60.9 Å². The van der Waals surface area contributed by atoms with Gasteiger partial charge in [-0.1, -0.05) is 23.2 Å². The number of amides is 2. The first-order valence-electron chi connectivity index (χ1n) is 19.2. The van der Waals surface area contributed by atoms with Crippen molar-refractivity contribution in [1.29, 1.82) is 0 Å². The molecule has 334 valence electrons. The quantitative estimate of drug-likeness (QED) is 0.140. The first kappa shape index (κ1) is 45.2. The molecule has 2 aromatic carbocycles. The van der Waals surface area contributed by atoms with Crippen molar-refractivity contribution in [3.63, 3.8) is 0 Å². The third-order valence-corrected chi connectivity index (χ3v) is 11.4. The van der Waals surface area contributed by atoms with Crippen molar-refractivity contribution < 1.29 is 49.4 Å². The van der Waals surface area contributed by atoms with Gasteiger partial charge in [-0.25, -0.2) is 18.1 Å². The summed E-state index contributed by atoms with van der Waals surface area (Å²) >= 11 is 11.7. The Kier molecular flexibility index (Phi) is 12.7. The summed E-state index contributed by atoms with van der Waals surface area (Å²) in [6.07, 6.45) is -3.88. The minimum Gasteiger partial charge on any atom is -0.382 e. The summed E-state index contributed by atoms with van der Waals surface area (Å²) in [5, 5.41) is 14.7. The van der Waals surface area contributed by atoms with Gasteiger partial charge in [0.05, 0.1) is 74.6 Å². The van der Waals surface area contributed by atoms with E-state index in [0.717, 1.165) is 20.8 Å². The highest BCUT2D eigenvalue weighted by atomic mass is 35.5. The Labute approximate surface area is 363 Å². The van der Waals surface area contributed by atoms with E-state index in [4.69, 9.17) is 27.9 Å². The zero-order valence-corrected chi connectivity index (χ0v) is 35.0. The number of hydrogen-bond donors (Lipinski definition) is 0. The van der Waals surface area contributed by atoms with Crippen molar-refractivity contribution in [2.75, 3.05) is 36.6 Å². The number of rotatable bonds is 8. The van der Waals surface area contributed by atoms with Crippen molar-refractivity contribution in [3.8, 4) is 11.4 Å². The van der Waals surface area contributed by atoms with Crippen LogP contribution in [0.4, 0.5) is 46.5 Å². The average Bonchev–Trinajstić information content (AvgIpc) is 4.02. The second-order valence-corrected chi connectivity index (χ2v) is 15.3. The second-order valence-electron chi connectivity index (χ2n) is 14.5. The molecule has 4 aromatic heterocycles. The average molecular weight is 928 g/mol. The summed E-state index contributed by atoms with van der Waals surface area (Å²) in [5.74, 6) is -1.67. The number of ether oxygens (including phenoxy) is 1. The third kappa shape index (κ3) is 9.03. The van der Waals surface area contributed by atoms with E-state index in [9.17, 15) is 44.7 Å². The lowest BCUT2D eigenvalue weighted by molar-refractivity contribution is -0.142. The smallest absolute Gasteiger partial charge is 0.382 e. The van der Waals surface area contributed by atoms with E-state index in [1.807, 2.05) is 0 Å². The Morgan fingerprint density at radius 1 is 0.714 bits per heavy atom. The van der Waals surface area contributed by atoms with Crippen LogP contribution in [-0.2, 0) is 46.1 Å². The molecule has 0 N–H and O–H groups in total. The molecule has 0 saturated heterocycles. The minimum atomic E-state index is -4.76. The van der Waals surface area contributed by atoms with Gasteiger partial charge in [0.15, 0.2) is 17.4 Å². The van der Waals surface area contributed by atoms with Gasteiger partial charge in [0.2, 0.25) is 5.91 Å². The van der Waals surface area contributed by atoms with E-state index in [0.29, 0.717) is 61.5 Å². The Morgan fingerprint density at radius 2 is 1.17 bits per heavy atom. The number of hydrogen-bond acceptors (Lipinski definition) is 7. The first-order valence-corrected chi connectivity index (χ1v) is 19.9. The number of carbonyl (C=O) groups is 2. The fraction of sp³-hybridized carbons (Fsp3) is 0.350. The SMILES string of the molecule is COCC(C(=O)N1CCCc2c1cnn2-c1ccc(F)cc1)n1nc(C(F)(F)F)c(Cl)c1C.Cc1c(Cl)c(C(F)(F)F)nn1CC(=O)N1CCCc2c1cnn2-c1ccc(F)cc1. The molecular weight excluding hydrogens is 891 g/mol. The molecule has 13 nitrogen and oxygen atoms in total. The number of alkyl halides is 6. The molecule has 6 aromatic rings. The zero-order chi connectivity index (χ0) is 45.5. The maximum Gasteiger partial charge on any atom is 0.436 e. The molecule has 1 unspecified atom stereocenters. The summed E-state index contributed by atoms with van der Waals surface area (Å²) in [4.78, 5) is 29.4. The highest BCUT2D eigenvalue weighted by molar-refractivity contribution is 6.32. The predicted octanol–water partition coefficient (Wildman–Crippen LogP) is 8.52. The van der Waals surface area contributed by atoms with E-state index >= 15 is 0 Å². The lowest BCUT2D eigenvalue weighted by Crippen LogP contribution is -2.42. The molecule has 63 heavy (non-hydrogen) atoms. The van der Waals surface area contributed by atoms with Crippen molar-refractivity contribution in [2.24, 2.45) is 0 Å². The zero-order valence-electron chi connectivity index (χ0n) is 33.5. The Hall–Kier alpha value is -5.80. The van der Waals surface area contributed by atoms with Gasteiger partial charge in [-0.15, -0.1) is 0 Å². The van der Waals surface area contributed by atoms with Crippen molar-refractivity contribution in [2.45, 2.75) is 64.5 Å². The van der Waals surface area contributed by atoms with Gasteiger partial charge in [0, 0.05) is 20.2 Å². The van der Waals surface area contributed by atoms with Crippen LogP contribution in [0.5, 0.6) is 0 Å². The van der Waals surface area contributed by atoms with Crippen LogP contribution in [0.1, 0.15) is 53.0 Å². The number of fused-ring (bicyclic) bond motifs is 2. The molecule has 23 heteroatoms. The van der Waals surface area contributed by atoms with Crippen LogP contribution in [-0.4, -0.2) is 77.7 Å². The van der Waals surface area contributed by atoms with Crippen molar-refractivity contribution >= 4 is 46.4 Å². The molecule has 0 fully saturated rings. The molecule has 0 radical (unpaired) electrons.